The minimum atomic E-state index is 1.36. The summed E-state index contributed by atoms with van der Waals surface area (Å²) in [5.41, 5.74) is 0. The molecule has 0 radical (unpaired) electrons. The Balaban J connectivity index is 2.45. The van der Waals surface area contributed by atoms with Crippen molar-refractivity contribution >= 4 is 50.8 Å². The molecule has 30 valence electrons. The van der Waals surface area contributed by atoms with Gasteiger partial charge in [0.2, 0.25) is 0 Å². The Kier molecular flexibility index (Phi) is 6.87. The molecule has 0 aromatic carbocycles. The molecule has 0 saturated carbocycles. The molecule has 0 rings (SSSR count). The number of rotatable bonds is 4. The first-order valence-electron chi connectivity index (χ1n) is 3.41. The van der Waals surface area contributed by atoms with E-state index in [1.54, 1.807) is 0 Å². The predicted molar refractivity (Wildman–Crippen MR) is 52.8 cm³/mol. The minimum absolute atomic E-state index is 1.36. The van der Waals surface area contributed by atoms with E-state index in [1.165, 1.54) is 35.3 Å². The predicted octanol–water partition coefficient (Wildman–Crippen LogP) is -5.07. The van der Waals surface area contributed by atoms with Gasteiger partial charge in [-0.25, -0.2) is 0 Å². The van der Waals surface area contributed by atoms with Crippen molar-refractivity contribution in [1.29, 1.82) is 0 Å². The molecule has 0 aliphatic heterocycles. The zero-order chi connectivity index (χ0) is 5.54. The first-order chi connectivity index (χ1) is 3.41. The zero-order valence-corrected chi connectivity index (χ0v) is 5.54. The van der Waals surface area contributed by atoms with Crippen LogP contribution in [0.15, 0.2) is 0 Å². The monoisotopic (exact) mass is 86.1 g/mol. The van der Waals surface area contributed by atoms with E-state index in [2.05, 4.69) is 15.5 Å². The second kappa shape index (κ2) is 6.45. The fraction of sp³-hybridized carbons (Fsp3) is 0. The molecule has 7 heteroatoms. The molecule has 0 heterocycles. The van der Waals surface area contributed by atoms with Crippen molar-refractivity contribution in [1.82, 2.24) is 0 Å². The van der Waals surface area contributed by atoms with E-state index in [0.29, 0.717) is 0 Å². The third-order valence-corrected chi connectivity index (χ3v) is 1.21. The van der Waals surface area contributed by atoms with Crippen LogP contribution >= 0.6 is 0 Å². The van der Waals surface area contributed by atoms with E-state index in [-0.39, 0.29) is 0 Å². The fourth-order valence-electron chi connectivity index (χ4n) is 0.677. The van der Waals surface area contributed by atoms with Crippen LogP contribution in [0.4, 0.5) is 0 Å². The van der Waals surface area contributed by atoms with Gasteiger partial charge in [-0.05, 0) is 0 Å². The summed E-state index contributed by atoms with van der Waals surface area (Å²) in [5, 5.41) is 0. The highest BCUT2D eigenvalue weighted by atomic mass is 12.7. The lowest BCUT2D eigenvalue weighted by molar-refractivity contribution is 3.91. The Morgan fingerprint density at radius 1 is 0.714 bits per heavy atom. The van der Waals surface area contributed by atoms with Crippen LogP contribution in [0.1, 0.15) is 0 Å². The second-order valence-electron chi connectivity index (χ2n) is 2.06. The van der Waals surface area contributed by atoms with Gasteiger partial charge in [0.05, 0.1) is 15.5 Å². The van der Waals surface area contributed by atoms with Gasteiger partial charge in [0.15, 0.2) is 0 Å². The van der Waals surface area contributed by atoms with Crippen LogP contribution in [-0.4, -0.2) is 50.8 Å². The quantitative estimate of drug-likeness (QED) is 0.236. The van der Waals surface area contributed by atoms with Gasteiger partial charge in [-0.15, -0.1) is 0 Å². The summed E-state index contributed by atoms with van der Waals surface area (Å²) in [7, 11) is 11.5. The summed E-state index contributed by atoms with van der Waals surface area (Å²) >= 11 is 0. The van der Waals surface area contributed by atoms with Crippen molar-refractivity contribution in [2.24, 2.45) is 0 Å². The summed E-state index contributed by atoms with van der Waals surface area (Å²) in [6, 6.07) is 0. The van der Waals surface area contributed by atoms with E-state index < -0.39 is 0 Å². The van der Waals surface area contributed by atoms with Gasteiger partial charge in [0.1, 0.15) is 0 Å². The van der Waals surface area contributed by atoms with E-state index in [4.69, 9.17) is 0 Å². The summed E-state index contributed by atoms with van der Waals surface area (Å²) in [6.07, 6.45) is 0. The molecule has 0 saturated heterocycles. The van der Waals surface area contributed by atoms with Gasteiger partial charge in [0.25, 0.3) is 0 Å². The summed E-state index contributed by atoms with van der Waals surface area (Å²) in [6.45, 7) is 0. The van der Waals surface area contributed by atoms with E-state index >= 15 is 0 Å². The molecule has 0 atom stereocenters. The average Bonchev–Trinajstić information content (AvgIpc) is 1.69. The van der Waals surface area contributed by atoms with E-state index in [1.807, 2.05) is 0 Å². The van der Waals surface area contributed by atoms with Crippen LogP contribution in [0.3, 0.4) is 0 Å². The first-order valence-corrected chi connectivity index (χ1v) is 3.41. The van der Waals surface area contributed by atoms with Crippen molar-refractivity contribution in [3.63, 3.8) is 0 Å². The molecular formula is H9B7. The molecule has 0 spiro atoms. The maximum atomic E-state index is 2.25. The highest BCUT2D eigenvalue weighted by molar-refractivity contribution is 7.61. The van der Waals surface area contributed by atoms with Gasteiger partial charge in [0, 0.05) is 35.3 Å². The third-order valence-electron chi connectivity index (χ3n) is 1.21. The smallest absolute Gasteiger partial charge is 0.0380 e. The average molecular weight is 84.8 g/mol. The Labute approximate surface area is 51.5 Å². The van der Waals surface area contributed by atoms with Crippen LogP contribution in [0, 0.1) is 0 Å². The lowest BCUT2D eigenvalue weighted by Gasteiger charge is -1.81. The standard InChI is InChI=1S/B7H9/c1-3-5-7-6-4-2/h3-7H,1-2H2. The normalized spacial score (nSPS) is 6.29. The summed E-state index contributed by atoms with van der Waals surface area (Å²) in [5.74, 6) is 0. The summed E-state index contributed by atoms with van der Waals surface area (Å²) in [4.78, 5) is 0. The molecule has 0 aromatic heterocycles. The lowest BCUT2D eigenvalue weighted by Crippen LogP contribution is -2.23. The molecule has 0 aliphatic rings. The van der Waals surface area contributed by atoms with Gasteiger partial charge in [-0.2, -0.15) is 0 Å². The molecule has 7 heavy (non-hydrogen) atoms. The maximum Gasteiger partial charge on any atom is 0.0597 e. The third kappa shape index (κ3) is 6.45. The van der Waals surface area contributed by atoms with Crippen LogP contribution in [-0.2, 0) is 0 Å². The van der Waals surface area contributed by atoms with Gasteiger partial charge >= 0.3 is 0 Å². The zero-order valence-electron chi connectivity index (χ0n) is 5.54. The molecule has 0 aliphatic carbocycles. The van der Waals surface area contributed by atoms with Crippen LogP contribution < -0.4 is 0 Å². The van der Waals surface area contributed by atoms with Crippen molar-refractivity contribution in [2.45, 2.75) is 0 Å². The Bertz CT molecular complexity index is 19.2. The fourth-order valence-corrected chi connectivity index (χ4v) is 0.677. The maximum absolute atomic E-state index is 2.25. The van der Waals surface area contributed by atoms with E-state index in [0.717, 1.165) is 0 Å². The SMILES string of the molecule is BBBBBBB. The summed E-state index contributed by atoms with van der Waals surface area (Å²) < 4.78 is 0. The molecule has 0 N–H and O–H groups in total. The van der Waals surface area contributed by atoms with Crippen molar-refractivity contribution < 1.29 is 0 Å². The van der Waals surface area contributed by atoms with Crippen molar-refractivity contribution in [3.8, 4) is 0 Å². The largest absolute Gasteiger partial charge is 0.0597 e. The van der Waals surface area contributed by atoms with Crippen LogP contribution in [0.25, 0.3) is 0 Å². The lowest BCUT2D eigenvalue weighted by atomic mass is 8.97. The molecule has 0 unspecified atom stereocenters. The van der Waals surface area contributed by atoms with Crippen molar-refractivity contribution in [2.75, 3.05) is 0 Å². The highest BCUT2D eigenvalue weighted by Gasteiger charge is 1.89. The van der Waals surface area contributed by atoms with Crippen LogP contribution in [0.2, 0.25) is 0 Å². The number of hydrogen-bond donors (Lipinski definition) is 0. The first kappa shape index (κ1) is 7.45. The van der Waals surface area contributed by atoms with E-state index in [9.17, 15) is 0 Å². The topological polar surface area (TPSA) is 0 Å². The molecule has 0 bridgehead atoms. The Morgan fingerprint density at radius 3 is 1.43 bits per heavy atom. The van der Waals surface area contributed by atoms with Crippen molar-refractivity contribution in [3.05, 3.63) is 0 Å². The second-order valence-corrected chi connectivity index (χ2v) is 2.06. The Morgan fingerprint density at radius 2 is 1.14 bits per heavy atom. The Hall–Kier alpha value is 0.455. The van der Waals surface area contributed by atoms with Gasteiger partial charge in [-0.1, -0.05) is 0 Å². The number of hydrogen-bond acceptors (Lipinski definition) is 0. The minimum Gasteiger partial charge on any atom is 0.0380 e. The molecular weight excluding hydrogens is 75.7 g/mol. The van der Waals surface area contributed by atoms with Crippen LogP contribution in [0.5, 0.6) is 0 Å². The van der Waals surface area contributed by atoms with Gasteiger partial charge in [-0.3, -0.25) is 0 Å². The van der Waals surface area contributed by atoms with Gasteiger partial charge < -0.3 is 0 Å². The molecule has 0 nitrogen and oxygen atoms in total. The molecule has 0 amide bonds. The molecule has 0 fully saturated rings. The molecule has 0 aromatic rings. The highest BCUT2D eigenvalue weighted by Crippen LogP contribution is 1.47.